The number of ether oxygens (including phenoxy) is 1. The van der Waals surface area contributed by atoms with Gasteiger partial charge >= 0.3 is 0 Å². The van der Waals surface area contributed by atoms with E-state index in [1.165, 1.54) is 0 Å². The van der Waals surface area contributed by atoms with Crippen LogP contribution in [0.2, 0.25) is 5.15 Å². The first-order valence-electron chi connectivity index (χ1n) is 7.89. The molecule has 0 amide bonds. The third-order valence-corrected chi connectivity index (χ3v) is 4.54. The maximum absolute atomic E-state index is 9.75. The lowest BCUT2D eigenvalue weighted by Gasteiger charge is -2.46. The first-order chi connectivity index (χ1) is 11.6. The molecule has 0 bridgehead atoms. The molecule has 128 valence electrons. The minimum absolute atomic E-state index is 0.0967. The SMILES string of the molecule is Nc1nc(Cl)cc(NCC2(CO)CC(OCc3ccccc3)C2)n1. The zero-order chi connectivity index (χ0) is 17.0. The van der Waals surface area contributed by atoms with Gasteiger partial charge in [-0.25, -0.2) is 4.98 Å². The summed E-state index contributed by atoms with van der Waals surface area (Å²) in [6, 6.07) is 11.7. The quantitative estimate of drug-likeness (QED) is 0.666. The van der Waals surface area contributed by atoms with Crippen LogP contribution in [0.4, 0.5) is 11.8 Å². The van der Waals surface area contributed by atoms with E-state index >= 15 is 0 Å². The van der Waals surface area contributed by atoms with Gasteiger partial charge in [0.2, 0.25) is 5.95 Å². The smallest absolute Gasteiger partial charge is 0.223 e. The summed E-state index contributed by atoms with van der Waals surface area (Å²) in [7, 11) is 0. The average molecular weight is 349 g/mol. The molecular weight excluding hydrogens is 328 g/mol. The van der Waals surface area contributed by atoms with Crippen LogP contribution in [0, 0.1) is 5.41 Å². The Labute approximate surface area is 146 Å². The fourth-order valence-corrected chi connectivity index (χ4v) is 3.14. The van der Waals surface area contributed by atoms with Crippen molar-refractivity contribution in [2.24, 2.45) is 5.41 Å². The standard InChI is InChI=1S/C17H21ClN4O2/c18-14-6-15(22-16(19)21-14)20-10-17(11-23)7-13(8-17)24-9-12-4-2-1-3-5-12/h1-6,13,23H,7-11H2,(H3,19,20,21,22). The first-order valence-corrected chi connectivity index (χ1v) is 8.27. The van der Waals surface area contributed by atoms with Crippen molar-refractivity contribution in [2.75, 3.05) is 24.2 Å². The number of aliphatic hydroxyl groups excluding tert-OH is 1. The zero-order valence-electron chi connectivity index (χ0n) is 13.3. The van der Waals surface area contributed by atoms with E-state index in [4.69, 9.17) is 22.1 Å². The van der Waals surface area contributed by atoms with Crippen LogP contribution in [-0.2, 0) is 11.3 Å². The number of hydrogen-bond donors (Lipinski definition) is 3. The van der Waals surface area contributed by atoms with Crippen molar-refractivity contribution in [1.29, 1.82) is 0 Å². The van der Waals surface area contributed by atoms with Crippen LogP contribution in [0.15, 0.2) is 36.4 Å². The molecule has 1 aliphatic carbocycles. The number of aromatic nitrogens is 2. The van der Waals surface area contributed by atoms with Gasteiger partial charge in [-0.3, -0.25) is 0 Å². The molecule has 1 aromatic heterocycles. The molecule has 1 fully saturated rings. The Balaban J connectivity index is 1.48. The highest BCUT2D eigenvalue weighted by Crippen LogP contribution is 2.43. The number of nitrogens with zero attached hydrogens (tertiary/aromatic N) is 2. The summed E-state index contributed by atoms with van der Waals surface area (Å²) in [4.78, 5) is 7.90. The van der Waals surface area contributed by atoms with Gasteiger partial charge in [0.15, 0.2) is 0 Å². The lowest BCUT2D eigenvalue weighted by atomic mass is 9.67. The first kappa shape index (κ1) is 17.0. The summed E-state index contributed by atoms with van der Waals surface area (Å²) >= 11 is 5.86. The second-order valence-electron chi connectivity index (χ2n) is 6.27. The molecule has 0 aliphatic heterocycles. The van der Waals surface area contributed by atoms with Gasteiger partial charge in [0.25, 0.3) is 0 Å². The Morgan fingerprint density at radius 1 is 1.29 bits per heavy atom. The van der Waals surface area contributed by atoms with Gasteiger partial charge in [-0.15, -0.1) is 0 Å². The van der Waals surface area contributed by atoms with Crippen molar-refractivity contribution >= 4 is 23.4 Å². The van der Waals surface area contributed by atoms with E-state index < -0.39 is 0 Å². The molecule has 1 aromatic carbocycles. The Kier molecular flexibility index (Phi) is 5.18. The maximum atomic E-state index is 9.75. The van der Waals surface area contributed by atoms with Crippen LogP contribution in [-0.4, -0.2) is 34.3 Å². The minimum Gasteiger partial charge on any atom is -0.396 e. The molecule has 6 nitrogen and oxygen atoms in total. The van der Waals surface area contributed by atoms with Crippen molar-refractivity contribution < 1.29 is 9.84 Å². The molecule has 4 N–H and O–H groups in total. The number of hydrogen-bond acceptors (Lipinski definition) is 6. The highest BCUT2D eigenvalue weighted by molar-refractivity contribution is 6.29. The van der Waals surface area contributed by atoms with E-state index in [9.17, 15) is 5.11 Å². The van der Waals surface area contributed by atoms with Gasteiger partial charge in [-0.1, -0.05) is 41.9 Å². The molecule has 0 radical (unpaired) electrons. The summed E-state index contributed by atoms with van der Waals surface area (Å²) in [5.41, 5.74) is 6.53. The van der Waals surface area contributed by atoms with Crippen LogP contribution in [0.25, 0.3) is 0 Å². The molecular formula is C17H21ClN4O2. The molecule has 24 heavy (non-hydrogen) atoms. The zero-order valence-corrected chi connectivity index (χ0v) is 14.0. The molecule has 0 atom stereocenters. The summed E-state index contributed by atoms with van der Waals surface area (Å²) in [6.07, 6.45) is 1.77. The molecule has 1 saturated carbocycles. The number of benzene rings is 1. The van der Waals surface area contributed by atoms with Gasteiger partial charge in [0.1, 0.15) is 11.0 Å². The maximum Gasteiger partial charge on any atom is 0.223 e. The predicted molar refractivity (Wildman–Crippen MR) is 93.7 cm³/mol. The van der Waals surface area contributed by atoms with Crippen molar-refractivity contribution in [1.82, 2.24) is 9.97 Å². The van der Waals surface area contributed by atoms with E-state index in [-0.39, 0.29) is 24.1 Å². The molecule has 0 saturated heterocycles. The largest absolute Gasteiger partial charge is 0.396 e. The molecule has 2 aromatic rings. The van der Waals surface area contributed by atoms with Gasteiger partial charge in [-0.05, 0) is 18.4 Å². The minimum atomic E-state index is -0.201. The number of halogens is 1. The van der Waals surface area contributed by atoms with Crippen molar-refractivity contribution in [3.8, 4) is 0 Å². The fraction of sp³-hybridized carbons (Fsp3) is 0.412. The lowest BCUT2D eigenvalue weighted by molar-refractivity contribution is -0.102. The summed E-state index contributed by atoms with van der Waals surface area (Å²) < 4.78 is 5.91. The number of aliphatic hydroxyl groups is 1. The average Bonchev–Trinajstić information content (AvgIpc) is 2.53. The Morgan fingerprint density at radius 2 is 2.04 bits per heavy atom. The fourth-order valence-electron chi connectivity index (χ4n) is 2.95. The second-order valence-corrected chi connectivity index (χ2v) is 6.66. The van der Waals surface area contributed by atoms with E-state index in [0.29, 0.717) is 24.1 Å². The molecule has 1 aliphatic rings. The summed E-state index contributed by atoms with van der Waals surface area (Å²) in [6.45, 7) is 1.28. The van der Waals surface area contributed by atoms with E-state index in [0.717, 1.165) is 18.4 Å². The molecule has 0 unspecified atom stereocenters. The number of nitrogen functional groups attached to an aromatic ring is 1. The molecule has 3 rings (SSSR count). The van der Waals surface area contributed by atoms with Crippen LogP contribution in [0.1, 0.15) is 18.4 Å². The van der Waals surface area contributed by atoms with Gasteiger partial charge in [0, 0.05) is 18.0 Å². The van der Waals surface area contributed by atoms with Crippen LogP contribution in [0.5, 0.6) is 0 Å². The monoisotopic (exact) mass is 348 g/mol. The van der Waals surface area contributed by atoms with Crippen LogP contribution in [0.3, 0.4) is 0 Å². The van der Waals surface area contributed by atoms with E-state index in [1.807, 2.05) is 30.3 Å². The highest BCUT2D eigenvalue weighted by Gasteiger charge is 2.44. The normalized spacial score (nSPS) is 22.8. The number of nitrogens with one attached hydrogen (secondary N) is 1. The number of nitrogens with two attached hydrogens (primary N) is 1. The van der Waals surface area contributed by atoms with E-state index in [1.54, 1.807) is 6.07 Å². The van der Waals surface area contributed by atoms with Gasteiger partial charge < -0.3 is 20.9 Å². The Hall–Kier alpha value is -1.89. The Morgan fingerprint density at radius 3 is 2.71 bits per heavy atom. The summed E-state index contributed by atoms with van der Waals surface area (Å²) in [5, 5.41) is 13.2. The molecule has 1 heterocycles. The van der Waals surface area contributed by atoms with Crippen LogP contribution < -0.4 is 11.1 Å². The predicted octanol–water partition coefficient (Wildman–Crippen LogP) is 2.48. The number of anilines is 2. The topological polar surface area (TPSA) is 93.3 Å². The molecule has 7 heteroatoms. The van der Waals surface area contributed by atoms with Crippen LogP contribution >= 0.6 is 11.6 Å². The number of rotatable bonds is 7. The lowest BCUT2D eigenvalue weighted by Crippen LogP contribution is -2.49. The van der Waals surface area contributed by atoms with Gasteiger partial charge in [0.05, 0.1) is 19.3 Å². The van der Waals surface area contributed by atoms with Gasteiger partial charge in [-0.2, -0.15) is 4.98 Å². The highest BCUT2D eigenvalue weighted by atomic mass is 35.5. The third-order valence-electron chi connectivity index (χ3n) is 4.34. The Bertz CT molecular complexity index is 657. The van der Waals surface area contributed by atoms with Crippen molar-refractivity contribution in [3.63, 3.8) is 0 Å². The molecule has 0 spiro atoms. The second kappa shape index (κ2) is 7.34. The van der Waals surface area contributed by atoms with Crippen molar-refractivity contribution in [3.05, 3.63) is 47.1 Å². The third kappa shape index (κ3) is 4.14. The van der Waals surface area contributed by atoms with Crippen molar-refractivity contribution in [2.45, 2.75) is 25.6 Å². The van der Waals surface area contributed by atoms with E-state index in [2.05, 4.69) is 15.3 Å². The summed E-state index contributed by atoms with van der Waals surface area (Å²) in [5.74, 6) is 0.690.